The Morgan fingerprint density at radius 1 is 1.25 bits per heavy atom. The Bertz CT molecular complexity index is 865. The molecule has 6 nitrogen and oxygen atoms in total. The molecular formula is C17H15FN4O2. The number of para-hydroxylation sites is 1. The second-order valence-corrected chi connectivity index (χ2v) is 5.29. The molecule has 0 aliphatic carbocycles. The van der Waals surface area contributed by atoms with Gasteiger partial charge in [-0.1, -0.05) is 18.2 Å². The molecule has 2 aromatic carbocycles. The summed E-state index contributed by atoms with van der Waals surface area (Å²) in [6, 6.07) is 12.7. The van der Waals surface area contributed by atoms with Crippen LogP contribution >= 0.6 is 0 Å². The first-order valence-electron chi connectivity index (χ1n) is 7.35. The third kappa shape index (κ3) is 3.10. The van der Waals surface area contributed by atoms with Gasteiger partial charge in [-0.2, -0.15) is 5.10 Å². The molecule has 1 atom stereocenters. The predicted octanol–water partition coefficient (Wildman–Crippen LogP) is 4.09. The number of nitro groups is 1. The number of halogens is 1. The van der Waals surface area contributed by atoms with Crippen LogP contribution in [0.15, 0.2) is 60.9 Å². The number of nitrogens with one attached hydrogen (secondary N) is 1. The molecule has 3 rings (SSSR count). The van der Waals surface area contributed by atoms with Crippen LogP contribution in [0.2, 0.25) is 0 Å². The average molecular weight is 326 g/mol. The lowest BCUT2D eigenvalue weighted by Crippen LogP contribution is -2.12. The van der Waals surface area contributed by atoms with E-state index < -0.39 is 10.7 Å². The second kappa shape index (κ2) is 6.49. The Kier molecular flexibility index (Phi) is 4.24. The Labute approximate surface area is 137 Å². The lowest BCUT2D eigenvalue weighted by atomic mass is 10.1. The van der Waals surface area contributed by atoms with Crippen LogP contribution < -0.4 is 5.32 Å². The maximum atomic E-state index is 13.3. The summed E-state index contributed by atoms with van der Waals surface area (Å²) < 4.78 is 15.0. The Morgan fingerprint density at radius 3 is 2.75 bits per heavy atom. The highest BCUT2D eigenvalue weighted by atomic mass is 19.1. The summed E-state index contributed by atoms with van der Waals surface area (Å²) in [4.78, 5) is 10.5. The standard InChI is InChI=1S/C17H15FN4O2/c1-12(20-15-8-7-13(18)11-17(15)22(23)24)14-5-2-3-6-16(14)21-10-4-9-19-21/h2-12,20H,1H3. The molecule has 24 heavy (non-hydrogen) atoms. The van der Waals surface area contributed by atoms with E-state index in [1.165, 1.54) is 12.1 Å². The molecule has 0 saturated heterocycles. The van der Waals surface area contributed by atoms with Gasteiger partial charge >= 0.3 is 0 Å². The van der Waals surface area contributed by atoms with E-state index in [2.05, 4.69) is 10.4 Å². The minimum atomic E-state index is -0.642. The van der Waals surface area contributed by atoms with Crippen LogP contribution in [-0.4, -0.2) is 14.7 Å². The fraction of sp³-hybridized carbons (Fsp3) is 0.118. The normalized spacial score (nSPS) is 11.9. The zero-order valence-electron chi connectivity index (χ0n) is 12.9. The largest absolute Gasteiger partial charge is 0.373 e. The summed E-state index contributed by atoms with van der Waals surface area (Å²) in [6.45, 7) is 1.88. The van der Waals surface area contributed by atoms with Gasteiger partial charge in [0, 0.05) is 12.4 Å². The molecular weight excluding hydrogens is 311 g/mol. The van der Waals surface area contributed by atoms with Crippen LogP contribution in [0.25, 0.3) is 5.69 Å². The van der Waals surface area contributed by atoms with Crippen molar-refractivity contribution >= 4 is 11.4 Å². The first-order chi connectivity index (χ1) is 11.6. The molecule has 0 spiro atoms. The summed E-state index contributed by atoms with van der Waals surface area (Å²) >= 11 is 0. The molecule has 1 unspecified atom stereocenters. The number of aromatic nitrogens is 2. The third-order valence-corrected chi connectivity index (χ3v) is 3.68. The molecule has 7 heteroatoms. The van der Waals surface area contributed by atoms with Gasteiger partial charge in [-0.15, -0.1) is 0 Å². The lowest BCUT2D eigenvalue weighted by molar-refractivity contribution is -0.384. The molecule has 0 fully saturated rings. The summed E-state index contributed by atoms with van der Waals surface area (Å²) in [7, 11) is 0. The van der Waals surface area contributed by atoms with E-state index in [1.54, 1.807) is 10.9 Å². The minimum Gasteiger partial charge on any atom is -0.373 e. The number of anilines is 1. The molecule has 3 aromatic rings. The minimum absolute atomic E-state index is 0.241. The van der Waals surface area contributed by atoms with Gasteiger partial charge in [-0.3, -0.25) is 10.1 Å². The van der Waals surface area contributed by atoms with E-state index in [1.807, 2.05) is 43.5 Å². The highest BCUT2D eigenvalue weighted by Gasteiger charge is 2.18. The molecule has 0 amide bonds. The van der Waals surface area contributed by atoms with Crippen LogP contribution in [0.3, 0.4) is 0 Å². The molecule has 0 aliphatic heterocycles. The number of rotatable bonds is 5. The fourth-order valence-electron chi connectivity index (χ4n) is 2.56. The van der Waals surface area contributed by atoms with Gasteiger partial charge in [-0.05, 0) is 36.8 Å². The molecule has 0 aliphatic rings. The van der Waals surface area contributed by atoms with Crippen LogP contribution in [0.5, 0.6) is 0 Å². The molecule has 1 heterocycles. The maximum absolute atomic E-state index is 13.3. The van der Waals surface area contributed by atoms with Gasteiger partial charge in [0.25, 0.3) is 5.69 Å². The first kappa shape index (κ1) is 15.7. The molecule has 1 aromatic heterocycles. The van der Waals surface area contributed by atoms with Gasteiger partial charge in [0.1, 0.15) is 11.5 Å². The summed E-state index contributed by atoms with van der Waals surface area (Å²) in [6.07, 6.45) is 3.51. The van der Waals surface area contributed by atoms with Crippen molar-refractivity contribution in [2.24, 2.45) is 0 Å². The van der Waals surface area contributed by atoms with Gasteiger partial charge < -0.3 is 5.32 Å². The number of hydrogen-bond donors (Lipinski definition) is 1. The molecule has 122 valence electrons. The zero-order chi connectivity index (χ0) is 17.1. The lowest BCUT2D eigenvalue weighted by Gasteiger charge is -2.19. The zero-order valence-corrected chi connectivity index (χ0v) is 12.9. The Hall–Kier alpha value is -3.22. The summed E-state index contributed by atoms with van der Waals surface area (Å²) in [5.74, 6) is -0.642. The Morgan fingerprint density at radius 2 is 2.04 bits per heavy atom. The quantitative estimate of drug-likeness (QED) is 0.566. The number of nitrogens with zero attached hydrogens (tertiary/aromatic N) is 3. The number of benzene rings is 2. The van der Waals surface area contributed by atoms with E-state index in [0.29, 0.717) is 0 Å². The van der Waals surface area contributed by atoms with Crippen molar-refractivity contribution in [1.29, 1.82) is 0 Å². The van der Waals surface area contributed by atoms with Crippen molar-refractivity contribution in [3.8, 4) is 5.69 Å². The maximum Gasteiger partial charge on any atom is 0.295 e. The van der Waals surface area contributed by atoms with Crippen molar-refractivity contribution in [3.05, 3.63) is 82.4 Å². The van der Waals surface area contributed by atoms with Crippen molar-refractivity contribution in [3.63, 3.8) is 0 Å². The smallest absolute Gasteiger partial charge is 0.295 e. The van der Waals surface area contributed by atoms with Gasteiger partial charge in [0.05, 0.1) is 22.7 Å². The van der Waals surface area contributed by atoms with E-state index in [-0.39, 0.29) is 17.4 Å². The molecule has 0 radical (unpaired) electrons. The van der Waals surface area contributed by atoms with E-state index >= 15 is 0 Å². The second-order valence-electron chi connectivity index (χ2n) is 5.29. The molecule has 0 bridgehead atoms. The van der Waals surface area contributed by atoms with E-state index in [9.17, 15) is 14.5 Å². The molecule has 0 saturated carbocycles. The van der Waals surface area contributed by atoms with Crippen molar-refractivity contribution < 1.29 is 9.31 Å². The third-order valence-electron chi connectivity index (χ3n) is 3.68. The van der Waals surface area contributed by atoms with Crippen molar-refractivity contribution in [2.75, 3.05) is 5.32 Å². The average Bonchev–Trinajstić information content (AvgIpc) is 3.10. The van der Waals surface area contributed by atoms with Crippen LogP contribution in [-0.2, 0) is 0 Å². The highest BCUT2D eigenvalue weighted by Crippen LogP contribution is 2.30. The van der Waals surface area contributed by atoms with Crippen molar-refractivity contribution in [2.45, 2.75) is 13.0 Å². The number of nitro benzene ring substituents is 1. The monoisotopic (exact) mass is 326 g/mol. The van der Waals surface area contributed by atoms with E-state index in [0.717, 1.165) is 17.3 Å². The topological polar surface area (TPSA) is 73.0 Å². The first-order valence-corrected chi connectivity index (χ1v) is 7.35. The highest BCUT2D eigenvalue weighted by molar-refractivity contribution is 5.63. The fourth-order valence-corrected chi connectivity index (χ4v) is 2.56. The van der Waals surface area contributed by atoms with Crippen LogP contribution in [0.4, 0.5) is 15.8 Å². The Balaban J connectivity index is 1.95. The van der Waals surface area contributed by atoms with Crippen LogP contribution in [0, 0.1) is 15.9 Å². The summed E-state index contributed by atoms with van der Waals surface area (Å²) in [5.41, 5.74) is 1.76. The van der Waals surface area contributed by atoms with Gasteiger partial charge in [0.2, 0.25) is 0 Å². The number of hydrogen-bond acceptors (Lipinski definition) is 4. The van der Waals surface area contributed by atoms with E-state index in [4.69, 9.17) is 0 Å². The van der Waals surface area contributed by atoms with Gasteiger partial charge in [-0.25, -0.2) is 9.07 Å². The van der Waals surface area contributed by atoms with Crippen LogP contribution in [0.1, 0.15) is 18.5 Å². The SMILES string of the molecule is CC(Nc1ccc(F)cc1[N+](=O)[O-])c1ccccc1-n1cccn1. The molecule has 1 N–H and O–H groups in total. The van der Waals surface area contributed by atoms with Gasteiger partial charge in [0.15, 0.2) is 0 Å². The predicted molar refractivity (Wildman–Crippen MR) is 88.7 cm³/mol. The summed E-state index contributed by atoms with van der Waals surface area (Å²) in [5, 5.41) is 18.4. The van der Waals surface area contributed by atoms with Crippen molar-refractivity contribution in [1.82, 2.24) is 9.78 Å².